The zero-order valence-corrected chi connectivity index (χ0v) is 11.5. The lowest BCUT2D eigenvalue weighted by atomic mass is 10.2. The molecule has 0 spiro atoms. The lowest BCUT2D eigenvalue weighted by Gasteiger charge is -2.04. The maximum absolute atomic E-state index is 13.2. The van der Waals surface area contributed by atoms with Crippen LogP contribution in [0.4, 0.5) is 8.78 Å². The summed E-state index contributed by atoms with van der Waals surface area (Å²) >= 11 is 3.31. The second-order valence-corrected chi connectivity index (χ2v) is 5.12. The molecule has 0 unspecified atom stereocenters. The van der Waals surface area contributed by atoms with E-state index in [1.807, 2.05) is 0 Å². The van der Waals surface area contributed by atoms with Crippen LogP contribution >= 0.6 is 15.9 Å². The number of fused-ring (bicyclic) bond motifs is 1. The van der Waals surface area contributed by atoms with Crippen molar-refractivity contribution in [3.05, 3.63) is 62.9 Å². The highest BCUT2D eigenvalue weighted by Crippen LogP contribution is 2.20. The van der Waals surface area contributed by atoms with E-state index in [1.54, 1.807) is 24.3 Å². The molecule has 1 aromatic heterocycles. The van der Waals surface area contributed by atoms with Gasteiger partial charge in [-0.1, -0.05) is 28.1 Å². The van der Waals surface area contributed by atoms with Gasteiger partial charge >= 0.3 is 0 Å². The van der Waals surface area contributed by atoms with Crippen LogP contribution in [-0.2, 0) is 0 Å². The van der Waals surface area contributed by atoms with E-state index in [9.17, 15) is 13.6 Å². The zero-order chi connectivity index (χ0) is 14.3. The number of aromatic nitrogens is 2. The van der Waals surface area contributed by atoms with Crippen molar-refractivity contribution in [3.63, 3.8) is 0 Å². The third-order valence-electron chi connectivity index (χ3n) is 2.87. The Morgan fingerprint density at radius 3 is 2.40 bits per heavy atom. The fraction of sp³-hybridized carbons (Fsp3) is 0. The maximum atomic E-state index is 13.2. The van der Waals surface area contributed by atoms with Gasteiger partial charge in [0.25, 0.3) is 5.56 Å². The number of aromatic amines is 1. The monoisotopic (exact) mass is 336 g/mol. The molecule has 0 radical (unpaired) electrons. The van der Waals surface area contributed by atoms with Crippen LogP contribution in [0.3, 0.4) is 0 Å². The SMILES string of the molecule is O=c1[nH]c(-c2ccc(Br)cc2)nc2cc(F)c(F)cc12. The first-order valence-electron chi connectivity index (χ1n) is 5.69. The molecule has 100 valence electrons. The summed E-state index contributed by atoms with van der Waals surface area (Å²) in [6, 6.07) is 8.88. The van der Waals surface area contributed by atoms with E-state index in [2.05, 4.69) is 25.9 Å². The first kappa shape index (κ1) is 12.9. The number of rotatable bonds is 1. The van der Waals surface area contributed by atoms with Crippen LogP contribution in [-0.4, -0.2) is 9.97 Å². The number of hydrogen-bond acceptors (Lipinski definition) is 2. The molecule has 1 N–H and O–H groups in total. The molecule has 0 saturated carbocycles. The lowest BCUT2D eigenvalue weighted by Crippen LogP contribution is -2.10. The number of hydrogen-bond donors (Lipinski definition) is 1. The molecule has 3 nitrogen and oxygen atoms in total. The Hall–Kier alpha value is -2.08. The van der Waals surface area contributed by atoms with E-state index in [1.165, 1.54) is 0 Å². The summed E-state index contributed by atoms with van der Waals surface area (Å²) < 4.78 is 27.3. The van der Waals surface area contributed by atoms with Crippen LogP contribution in [0.1, 0.15) is 0 Å². The molecule has 2 aromatic carbocycles. The molecule has 0 atom stereocenters. The molecule has 1 heterocycles. The van der Waals surface area contributed by atoms with E-state index in [0.717, 1.165) is 16.6 Å². The fourth-order valence-corrected chi connectivity index (χ4v) is 2.14. The quantitative estimate of drug-likeness (QED) is 0.737. The number of nitrogens with one attached hydrogen (secondary N) is 1. The molecule has 0 aliphatic rings. The number of H-pyrrole nitrogens is 1. The Kier molecular flexibility index (Phi) is 3.10. The van der Waals surface area contributed by atoms with Crippen LogP contribution < -0.4 is 5.56 Å². The minimum absolute atomic E-state index is 0.0183. The van der Waals surface area contributed by atoms with Crippen molar-refractivity contribution >= 4 is 26.8 Å². The van der Waals surface area contributed by atoms with Gasteiger partial charge < -0.3 is 4.98 Å². The molecular weight excluding hydrogens is 330 g/mol. The summed E-state index contributed by atoms with van der Waals surface area (Å²) in [5.74, 6) is -1.79. The molecule has 0 saturated heterocycles. The van der Waals surface area contributed by atoms with Gasteiger partial charge in [-0.05, 0) is 18.2 Å². The first-order valence-corrected chi connectivity index (χ1v) is 6.49. The predicted octanol–water partition coefficient (Wildman–Crippen LogP) is 3.63. The van der Waals surface area contributed by atoms with Gasteiger partial charge in [-0.3, -0.25) is 4.79 Å². The molecular formula is C14H7BrF2N2O. The minimum Gasteiger partial charge on any atom is -0.306 e. The molecule has 20 heavy (non-hydrogen) atoms. The maximum Gasteiger partial charge on any atom is 0.259 e. The van der Waals surface area contributed by atoms with Crippen LogP contribution in [0.25, 0.3) is 22.3 Å². The summed E-state index contributed by atoms with van der Waals surface area (Å²) in [5.41, 5.74) is 0.286. The zero-order valence-electron chi connectivity index (χ0n) is 9.95. The van der Waals surface area contributed by atoms with Crippen LogP contribution in [0.2, 0.25) is 0 Å². The molecule has 6 heteroatoms. The van der Waals surface area contributed by atoms with E-state index in [4.69, 9.17) is 0 Å². The molecule has 0 amide bonds. The minimum atomic E-state index is -1.07. The average Bonchev–Trinajstić information content (AvgIpc) is 2.42. The number of benzene rings is 2. The van der Waals surface area contributed by atoms with Crippen molar-refractivity contribution < 1.29 is 8.78 Å². The molecule has 3 aromatic rings. The predicted molar refractivity (Wildman–Crippen MR) is 75.4 cm³/mol. The Morgan fingerprint density at radius 2 is 1.70 bits per heavy atom. The highest BCUT2D eigenvalue weighted by molar-refractivity contribution is 9.10. The van der Waals surface area contributed by atoms with E-state index in [-0.39, 0.29) is 10.9 Å². The van der Waals surface area contributed by atoms with Crippen LogP contribution in [0, 0.1) is 11.6 Å². The molecule has 3 rings (SSSR count). The molecule has 0 aliphatic heterocycles. The molecule has 0 fully saturated rings. The van der Waals surface area contributed by atoms with Crippen molar-refractivity contribution in [2.24, 2.45) is 0 Å². The highest BCUT2D eigenvalue weighted by atomic mass is 79.9. The van der Waals surface area contributed by atoms with E-state index >= 15 is 0 Å². The molecule has 0 bridgehead atoms. The van der Waals surface area contributed by atoms with Gasteiger partial charge in [-0.25, -0.2) is 13.8 Å². The van der Waals surface area contributed by atoms with Crippen molar-refractivity contribution in [2.45, 2.75) is 0 Å². The Morgan fingerprint density at radius 1 is 1.05 bits per heavy atom. The van der Waals surface area contributed by atoms with Crippen molar-refractivity contribution in [1.29, 1.82) is 0 Å². The van der Waals surface area contributed by atoms with Gasteiger partial charge in [0.1, 0.15) is 5.82 Å². The van der Waals surface area contributed by atoms with Crippen LogP contribution in [0.5, 0.6) is 0 Å². The second kappa shape index (κ2) is 4.79. The highest BCUT2D eigenvalue weighted by Gasteiger charge is 2.10. The third kappa shape index (κ3) is 2.22. The Balaban J connectivity index is 2.26. The first-order chi connectivity index (χ1) is 9.54. The second-order valence-electron chi connectivity index (χ2n) is 4.20. The van der Waals surface area contributed by atoms with Gasteiger partial charge in [0.05, 0.1) is 10.9 Å². The van der Waals surface area contributed by atoms with Gasteiger partial charge in [-0.2, -0.15) is 0 Å². The molecule has 0 aliphatic carbocycles. The van der Waals surface area contributed by atoms with Gasteiger partial charge in [0.2, 0.25) is 0 Å². The standard InChI is InChI=1S/C14H7BrF2N2O/c15-8-3-1-7(2-4-8)13-18-12-6-11(17)10(16)5-9(12)14(20)19-13/h1-6H,(H,18,19,20). The van der Waals surface area contributed by atoms with Gasteiger partial charge in [-0.15, -0.1) is 0 Å². The topological polar surface area (TPSA) is 45.8 Å². The summed E-state index contributed by atoms with van der Waals surface area (Å²) in [7, 11) is 0. The average molecular weight is 337 g/mol. The third-order valence-corrected chi connectivity index (χ3v) is 3.39. The van der Waals surface area contributed by atoms with Gasteiger partial charge in [0, 0.05) is 16.1 Å². The largest absolute Gasteiger partial charge is 0.306 e. The fourth-order valence-electron chi connectivity index (χ4n) is 1.88. The normalized spacial score (nSPS) is 10.9. The van der Waals surface area contributed by atoms with E-state index < -0.39 is 17.2 Å². The summed E-state index contributed by atoms with van der Waals surface area (Å²) in [6.07, 6.45) is 0. The summed E-state index contributed by atoms with van der Waals surface area (Å²) in [6.45, 7) is 0. The summed E-state index contributed by atoms with van der Waals surface area (Å²) in [4.78, 5) is 18.6. The van der Waals surface area contributed by atoms with Crippen molar-refractivity contribution in [1.82, 2.24) is 9.97 Å². The van der Waals surface area contributed by atoms with E-state index in [0.29, 0.717) is 11.4 Å². The number of nitrogens with zero attached hydrogens (tertiary/aromatic N) is 1. The van der Waals surface area contributed by atoms with Crippen molar-refractivity contribution in [3.8, 4) is 11.4 Å². The van der Waals surface area contributed by atoms with Crippen LogP contribution in [0.15, 0.2) is 45.7 Å². The lowest BCUT2D eigenvalue weighted by molar-refractivity contribution is 0.510. The van der Waals surface area contributed by atoms with Gasteiger partial charge in [0.15, 0.2) is 11.6 Å². The Labute approximate surface area is 120 Å². The summed E-state index contributed by atoms with van der Waals surface area (Å²) in [5, 5.41) is 0.0183. The smallest absolute Gasteiger partial charge is 0.259 e. The van der Waals surface area contributed by atoms with Crippen molar-refractivity contribution in [2.75, 3.05) is 0 Å². The number of halogens is 3. The Bertz CT molecular complexity index is 859.